The van der Waals surface area contributed by atoms with Crippen molar-refractivity contribution < 1.29 is 19.1 Å². The number of carbonyl (C=O) groups is 2. The summed E-state index contributed by atoms with van der Waals surface area (Å²) in [6.07, 6.45) is 3.98. The fourth-order valence-electron chi connectivity index (χ4n) is 4.42. The van der Waals surface area contributed by atoms with Gasteiger partial charge in [0, 0.05) is 39.3 Å². The number of hydrogen-bond donors (Lipinski definition) is 1. The lowest BCUT2D eigenvalue weighted by molar-refractivity contribution is -0.0817. The number of nitrogens with zero attached hydrogens (tertiary/aromatic N) is 3. The topological polar surface area (TPSA) is 83.5 Å². The van der Waals surface area contributed by atoms with Gasteiger partial charge in [0.2, 0.25) is 0 Å². The first-order valence-corrected chi connectivity index (χ1v) is 11.4. The number of ether oxygens (including phenoxy) is 2. The van der Waals surface area contributed by atoms with Crippen molar-refractivity contribution in [3.8, 4) is 0 Å². The summed E-state index contributed by atoms with van der Waals surface area (Å²) >= 11 is 0. The van der Waals surface area contributed by atoms with Crippen molar-refractivity contribution in [1.29, 1.82) is 0 Å². The minimum atomic E-state index is -0.189. The third-order valence-electron chi connectivity index (χ3n) is 6.04. The van der Waals surface area contributed by atoms with E-state index in [1.807, 2.05) is 0 Å². The summed E-state index contributed by atoms with van der Waals surface area (Å²) in [6, 6.07) is 7.02. The fraction of sp³-hybridized carbons (Fsp3) is 0.609. The van der Waals surface area contributed by atoms with E-state index >= 15 is 0 Å². The van der Waals surface area contributed by atoms with E-state index in [0.717, 1.165) is 57.9 Å². The van der Waals surface area contributed by atoms with Crippen LogP contribution in [0.5, 0.6) is 0 Å². The van der Waals surface area contributed by atoms with Crippen LogP contribution in [0.2, 0.25) is 0 Å². The van der Waals surface area contributed by atoms with Crippen LogP contribution in [0.15, 0.2) is 29.3 Å². The average Bonchev–Trinajstić information content (AvgIpc) is 3.42. The van der Waals surface area contributed by atoms with Crippen LogP contribution in [-0.2, 0) is 9.47 Å². The van der Waals surface area contributed by atoms with E-state index in [1.165, 1.54) is 4.90 Å². The van der Waals surface area contributed by atoms with Gasteiger partial charge in [-0.25, -0.2) is 0 Å². The fourth-order valence-corrected chi connectivity index (χ4v) is 4.42. The number of hydrogen-bond acceptors (Lipinski definition) is 5. The molecule has 8 heteroatoms. The monoisotopic (exact) mass is 428 g/mol. The zero-order valence-electron chi connectivity index (χ0n) is 18.2. The third-order valence-corrected chi connectivity index (χ3v) is 6.04. The van der Waals surface area contributed by atoms with Gasteiger partial charge < -0.3 is 19.7 Å². The first-order chi connectivity index (χ1) is 15.2. The Morgan fingerprint density at radius 1 is 1.10 bits per heavy atom. The smallest absolute Gasteiger partial charge is 0.261 e. The molecule has 0 bridgehead atoms. The Bertz CT molecular complexity index is 787. The minimum absolute atomic E-state index is 0.0916. The van der Waals surface area contributed by atoms with Gasteiger partial charge in [0.05, 0.1) is 23.8 Å². The summed E-state index contributed by atoms with van der Waals surface area (Å²) in [5.41, 5.74) is 1.01. The molecule has 2 atom stereocenters. The normalized spacial score (nSPS) is 24.1. The minimum Gasteiger partial charge on any atom is -0.375 e. The molecule has 2 amide bonds. The number of nitrogens with one attached hydrogen (secondary N) is 1. The van der Waals surface area contributed by atoms with Gasteiger partial charge in [0.1, 0.15) is 6.10 Å². The number of amides is 2. The molecule has 0 aromatic heterocycles. The number of carbonyl (C=O) groups excluding carboxylic acids is 2. The van der Waals surface area contributed by atoms with E-state index < -0.39 is 0 Å². The zero-order valence-corrected chi connectivity index (χ0v) is 18.2. The van der Waals surface area contributed by atoms with Crippen LogP contribution in [0, 0.1) is 0 Å². The van der Waals surface area contributed by atoms with Gasteiger partial charge in [0.25, 0.3) is 11.8 Å². The van der Waals surface area contributed by atoms with E-state index in [2.05, 4.69) is 17.1 Å². The van der Waals surface area contributed by atoms with Crippen molar-refractivity contribution in [2.45, 2.75) is 44.8 Å². The molecule has 2 unspecified atom stereocenters. The van der Waals surface area contributed by atoms with Crippen molar-refractivity contribution in [1.82, 2.24) is 15.1 Å². The lowest BCUT2D eigenvalue weighted by Crippen LogP contribution is -2.53. The zero-order chi connectivity index (χ0) is 21.6. The van der Waals surface area contributed by atoms with Crippen molar-refractivity contribution in [2.75, 3.05) is 45.9 Å². The van der Waals surface area contributed by atoms with Gasteiger partial charge in [-0.05, 0) is 44.7 Å². The predicted octanol–water partition coefficient (Wildman–Crippen LogP) is 1.91. The molecule has 31 heavy (non-hydrogen) atoms. The first kappa shape index (κ1) is 21.8. The molecule has 0 spiro atoms. The van der Waals surface area contributed by atoms with Gasteiger partial charge in [-0.15, -0.1) is 0 Å². The van der Waals surface area contributed by atoms with Crippen LogP contribution in [0.3, 0.4) is 0 Å². The highest BCUT2D eigenvalue weighted by Crippen LogP contribution is 2.23. The van der Waals surface area contributed by atoms with Gasteiger partial charge >= 0.3 is 0 Å². The van der Waals surface area contributed by atoms with Crippen LogP contribution in [0.25, 0.3) is 0 Å². The molecular weight excluding hydrogens is 396 g/mol. The van der Waals surface area contributed by atoms with E-state index in [1.54, 1.807) is 24.3 Å². The number of rotatable bonds is 7. The SMILES string of the molecule is CCNC(=NCCCCN1C(=O)c2ccccc2C1=O)N1CCOC(C2CCCO2)C1. The number of imide groups is 1. The molecule has 0 aliphatic carbocycles. The first-order valence-electron chi connectivity index (χ1n) is 11.4. The number of fused-ring (bicyclic) bond motifs is 1. The Balaban J connectivity index is 1.27. The number of morpholine rings is 1. The summed E-state index contributed by atoms with van der Waals surface area (Å²) in [5, 5.41) is 3.38. The van der Waals surface area contributed by atoms with Gasteiger partial charge in [-0.1, -0.05) is 12.1 Å². The highest BCUT2D eigenvalue weighted by atomic mass is 16.5. The quantitative estimate of drug-likeness (QED) is 0.309. The number of unbranched alkanes of at least 4 members (excludes halogenated alkanes) is 1. The number of benzene rings is 1. The van der Waals surface area contributed by atoms with E-state index in [9.17, 15) is 9.59 Å². The van der Waals surface area contributed by atoms with Crippen molar-refractivity contribution in [3.05, 3.63) is 35.4 Å². The Morgan fingerprint density at radius 3 is 2.52 bits per heavy atom. The van der Waals surface area contributed by atoms with Gasteiger partial charge in [-0.2, -0.15) is 0 Å². The maximum absolute atomic E-state index is 12.4. The maximum atomic E-state index is 12.4. The molecule has 8 nitrogen and oxygen atoms in total. The van der Waals surface area contributed by atoms with Crippen LogP contribution >= 0.6 is 0 Å². The molecule has 1 aromatic rings. The largest absolute Gasteiger partial charge is 0.375 e. The number of aliphatic imine (C=N–C) groups is 1. The molecule has 0 saturated carbocycles. The van der Waals surface area contributed by atoms with Crippen molar-refractivity contribution in [2.24, 2.45) is 4.99 Å². The lowest BCUT2D eigenvalue weighted by Gasteiger charge is -2.37. The van der Waals surface area contributed by atoms with E-state index in [4.69, 9.17) is 14.5 Å². The number of guanidine groups is 1. The second-order valence-corrected chi connectivity index (χ2v) is 8.16. The second-order valence-electron chi connectivity index (χ2n) is 8.16. The Kier molecular flexibility index (Phi) is 7.19. The summed E-state index contributed by atoms with van der Waals surface area (Å²) in [4.78, 5) is 33.3. The van der Waals surface area contributed by atoms with E-state index in [0.29, 0.717) is 30.8 Å². The van der Waals surface area contributed by atoms with Gasteiger partial charge in [0.15, 0.2) is 5.96 Å². The van der Waals surface area contributed by atoms with E-state index in [-0.39, 0.29) is 24.0 Å². The van der Waals surface area contributed by atoms with Crippen LogP contribution in [0.4, 0.5) is 0 Å². The predicted molar refractivity (Wildman–Crippen MR) is 117 cm³/mol. The molecule has 168 valence electrons. The lowest BCUT2D eigenvalue weighted by atomic mass is 10.1. The average molecular weight is 429 g/mol. The molecule has 3 aliphatic heterocycles. The molecule has 0 radical (unpaired) electrons. The summed E-state index contributed by atoms with van der Waals surface area (Å²) < 4.78 is 11.8. The van der Waals surface area contributed by atoms with Gasteiger partial charge in [-0.3, -0.25) is 19.5 Å². The third kappa shape index (κ3) is 4.91. The Morgan fingerprint density at radius 2 is 1.84 bits per heavy atom. The molecule has 1 aromatic carbocycles. The van der Waals surface area contributed by atoms with Crippen molar-refractivity contribution in [3.63, 3.8) is 0 Å². The summed E-state index contributed by atoms with van der Waals surface area (Å²) in [7, 11) is 0. The maximum Gasteiger partial charge on any atom is 0.261 e. The van der Waals surface area contributed by atoms with Crippen LogP contribution in [-0.4, -0.2) is 85.7 Å². The molecule has 4 rings (SSSR count). The summed E-state index contributed by atoms with van der Waals surface area (Å²) in [5.74, 6) is 0.520. The van der Waals surface area contributed by atoms with Crippen LogP contribution < -0.4 is 5.32 Å². The van der Waals surface area contributed by atoms with Crippen molar-refractivity contribution >= 4 is 17.8 Å². The van der Waals surface area contributed by atoms with Crippen LogP contribution in [0.1, 0.15) is 53.3 Å². The molecule has 2 fully saturated rings. The second kappa shape index (κ2) is 10.2. The molecule has 3 aliphatic rings. The molecule has 3 heterocycles. The molecule has 2 saturated heterocycles. The highest BCUT2D eigenvalue weighted by Gasteiger charge is 2.34. The standard InChI is InChI=1S/C23H32N4O4/c1-2-24-23(26-13-15-31-20(16-26)19-10-7-14-30-19)25-11-5-6-12-27-21(28)17-8-3-4-9-18(17)22(27)29/h3-4,8-9,19-20H,2,5-7,10-16H2,1H3,(H,24,25). The highest BCUT2D eigenvalue weighted by molar-refractivity contribution is 6.21. The molecular formula is C23H32N4O4. The summed E-state index contributed by atoms with van der Waals surface area (Å²) in [6.45, 7) is 7.03. The molecule has 1 N–H and O–H groups in total. The Hall–Kier alpha value is -2.45. The Labute approximate surface area is 183 Å².